The average Bonchev–Trinajstić information content (AvgIpc) is 2.69. The van der Waals surface area contributed by atoms with E-state index >= 15 is 0 Å². The molecule has 1 aliphatic heterocycles. The number of halogens is 1. The molecule has 2 aromatic rings. The summed E-state index contributed by atoms with van der Waals surface area (Å²) in [5, 5.41) is 7.90. The first-order valence-corrected chi connectivity index (χ1v) is 7.82. The van der Waals surface area contributed by atoms with Crippen LogP contribution in [0.4, 0.5) is 4.39 Å². The third-order valence-electron chi connectivity index (χ3n) is 4.25. The molecule has 0 unspecified atom stereocenters. The first-order valence-electron chi connectivity index (χ1n) is 7.82. The molecule has 1 aromatic carbocycles. The van der Waals surface area contributed by atoms with Gasteiger partial charge in [0.25, 0.3) is 0 Å². The number of nitrogens with one attached hydrogen (secondary N) is 1. The maximum absolute atomic E-state index is 13.6. The SMILES string of the molecule is COc1c(CN[C@H]2CCCOc3ccc(F)cc32)c(C)nn1C. The van der Waals surface area contributed by atoms with Crippen molar-refractivity contribution in [3.8, 4) is 11.6 Å². The van der Waals surface area contributed by atoms with Crippen LogP contribution in [0.25, 0.3) is 0 Å². The second-order valence-electron chi connectivity index (χ2n) is 5.80. The molecule has 1 atom stereocenters. The van der Waals surface area contributed by atoms with E-state index in [0.29, 0.717) is 13.2 Å². The van der Waals surface area contributed by atoms with Crippen LogP contribution in [0.3, 0.4) is 0 Å². The van der Waals surface area contributed by atoms with Crippen LogP contribution < -0.4 is 14.8 Å². The zero-order chi connectivity index (χ0) is 16.4. The van der Waals surface area contributed by atoms with Crippen molar-refractivity contribution >= 4 is 0 Å². The molecular formula is C17H22FN3O2. The van der Waals surface area contributed by atoms with Gasteiger partial charge in [-0.2, -0.15) is 5.10 Å². The Morgan fingerprint density at radius 2 is 2.30 bits per heavy atom. The van der Waals surface area contributed by atoms with Gasteiger partial charge in [0, 0.05) is 25.2 Å². The lowest BCUT2D eigenvalue weighted by molar-refractivity contribution is 0.314. The van der Waals surface area contributed by atoms with E-state index in [-0.39, 0.29) is 11.9 Å². The summed E-state index contributed by atoms with van der Waals surface area (Å²) >= 11 is 0. The molecule has 0 amide bonds. The molecule has 5 nitrogen and oxygen atoms in total. The van der Waals surface area contributed by atoms with Gasteiger partial charge in [-0.3, -0.25) is 0 Å². The maximum Gasteiger partial charge on any atom is 0.216 e. The molecule has 1 N–H and O–H groups in total. The molecule has 3 rings (SSSR count). The second-order valence-corrected chi connectivity index (χ2v) is 5.80. The van der Waals surface area contributed by atoms with Gasteiger partial charge in [-0.05, 0) is 38.0 Å². The molecule has 1 aliphatic rings. The topological polar surface area (TPSA) is 48.3 Å². The molecule has 0 spiro atoms. The van der Waals surface area contributed by atoms with E-state index in [4.69, 9.17) is 9.47 Å². The van der Waals surface area contributed by atoms with Gasteiger partial charge < -0.3 is 14.8 Å². The number of methoxy groups -OCH3 is 1. The number of rotatable bonds is 4. The lowest BCUT2D eigenvalue weighted by atomic mass is 10.0. The molecule has 0 aliphatic carbocycles. The lowest BCUT2D eigenvalue weighted by Gasteiger charge is -2.18. The van der Waals surface area contributed by atoms with E-state index < -0.39 is 0 Å². The summed E-state index contributed by atoms with van der Waals surface area (Å²) in [7, 11) is 3.50. The van der Waals surface area contributed by atoms with Crippen molar-refractivity contribution in [1.29, 1.82) is 0 Å². The van der Waals surface area contributed by atoms with Crippen molar-refractivity contribution in [3.05, 3.63) is 40.8 Å². The fourth-order valence-electron chi connectivity index (χ4n) is 3.13. The fourth-order valence-corrected chi connectivity index (χ4v) is 3.13. The predicted octanol–water partition coefficient (Wildman–Crippen LogP) is 2.88. The normalized spacial score (nSPS) is 17.3. The standard InChI is InChI=1S/C17H22FN3O2/c1-11-14(17(22-3)21(2)20-11)10-19-15-5-4-8-23-16-7-6-12(18)9-13(15)16/h6-7,9,15,19H,4-5,8,10H2,1-3H3/t15-/m0/s1. The zero-order valence-corrected chi connectivity index (χ0v) is 13.7. The number of hydrogen-bond donors (Lipinski definition) is 1. The molecule has 6 heteroatoms. The van der Waals surface area contributed by atoms with Crippen LogP contribution in [0.5, 0.6) is 11.6 Å². The van der Waals surface area contributed by atoms with Gasteiger partial charge in [0.2, 0.25) is 5.88 Å². The van der Waals surface area contributed by atoms with Crippen LogP contribution in [0.1, 0.15) is 35.7 Å². The molecule has 0 saturated heterocycles. The number of fused-ring (bicyclic) bond motifs is 1. The minimum Gasteiger partial charge on any atom is -0.493 e. The van der Waals surface area contributed by atoms with Crippen molar-refractivity contribution in [2.24, 2.45) is 7.05 Å². The number of benzene rings is 1. The summed E-state index contributed by atoms with van der Waals surface area (Å²) in [5.41, 5.74) is 2.84. The van der Waals surface area contributed by atoms with Crippen molar-refractivity contribution < 1.29 is 13.9 Å². The summed E-state index contributed by atoms with van der Waals surface area (Å²) < 4.78 is 26.5. The Kier molecular flexibility index (Phi) is 4.52. The maximum atomic E-state index is 13.6. The van der Waals surface area contributed by atoms with Crippen LogP contribution in [-0.4, -0.2) is 23.5 Å². The highest BCUT2D eigenvalue weighted by Crippen LogP contribution is 2.33. The summed E-state index contributed by atoms with van der Waals surface area (Å²) in [4.78, 5) is 0. The van der Waals surface area contributed by atoms with Crippen LogP contribution >= 0.6 is 0 Å². The monoisotopic (exact) mass is 319 g/mol. The predicted molar refractivity (Wildman–Crippen MR) is 85.2 cm³/mol. The average molecular weight is 319 g/mol. The largest absolute Gasteiger partial charge is 0.493 e. The highest BCUT2D eigenvalue weighted by Gasteiger charge is 2.22. The number of nitrogens with zero attached hydrogens (tertiary/aromatic N) is 2. The Morgan fingerprint density at radius 1 is 1.48 bits per heavy atom. The molecule has 2 heterocycles. The lowest BCUT2D eigenvalue weighted by Crippen LogP contribution is -2.21. The van der Waals surface area contributed by atoms with Crippen molar-refractivity contribution in [2.45, 2.75) is 32.4 Å². The minimum absolute atomic E-state index is 0.0486. The molecule has 0 saturated carbocycles. The highest BCUT2D eigenvalue weighted by molar-refractivity contribution is 5.38. The van der Waals surface area contributed by atoms with Gasteiger partial charge in [0.15, 0.2) is 0 Å². The number of ether oxygens (including phenoxy) is 2. The van der Waals surface area contributed by atoms with E-state index in [0.717, 1.165) is 41.3 Å². The number of aryl methyl sites for hydroxylation is 2. The van der Waals surface area contributed by atoms with Gasteiger partial charge in [-0.15, -0.1) is 0 Å². The Balaban J connectivity index is 1.82. The van der Waals surface area contributed by atoms with E-state index in [1.165, 1.54) is 6.07 Å². The minimum atomic E-state index is -0.240. The Morgan fingerprint density at radius 3 is 3.09 bits per heavy atom. The summed E-state index contributed by atoms with van der Waals surface area (Å²) in [6.45, 7) is 3.23. The molecule has 0 bridgehead atoms. The van der Waals surface area contributed by atoms with Crippen LogP contribution in [0, 0.1) is 12.7 Å². The van der Waals surface area contributed by atoms with Crippen molar-refractivity contribution in [3.63, 3.8) is 0 Å². The van der Waals surface area contributed by atoms with E-state index in [9.17, 15) is 4.39 Å². The van der Waals surface area contributed by atoms with Gasteiger partial charge in [-0.1, -0.05) is 0 Å². The van der Waals surface area contributed by atoms with Gasteiger partial charge in [-0.25, -0.2) is 9.07 Å². The molecular weight excluding hydrogens is 297 g/mol. The van der Waals surface area contributed by atoms with Crippen LogP contribution in [0.15, 0.2) is 18.2 Å². The smallest absolute Gasteiger partial charge is 0.216 e. The molecule has 0 fully saturated rings. The van der Waals surface area contributed by atoms with Gasteiger partial charge >= 0.3 is 0 Å². The Hall–Kier alpha value is -2.08. The van der Waals surface area contributed by atoms with Crippen molar-refractivity contribution in [2.75, 3.05) is 13.7 Å². The first-order chi connectivity index (χ1) is 11.1. The van der Waals surface area contributed by atoms with Crippen LogP contribution in [0.2, 0.25) is 0 Å². The highest BCUT2D eigenvalue weighted by atomic mass is 19.1. The van der Waals surface area contributed by atoms with E-state index in [1.807, 2.05) is 14.0 Å². The molecule has 23 heavy (non-hydrogen) atoms. The van der Waals surface area contributed by atoms with Gasteiger partial charge in [0.05, 0.1) is 25.0 Å². The zero-order valence-electron chi connectivity index (χ0n) is 13.7. The summed E-state index contributed by atoms with van der Waals surface area (Å²) in [6, 6.07) is 4.76. The summed E-state index contributed by atoms with van der Waals surface area (Å²) in [5.74, 6) is 1.27. The first kappa shape index (κ1) is 15.8. The number of aromatic nitrogens is 2. The Bertz CT molecular complexity index is 699. The quantitative estimate of drug-likeness (QED) is 0.941. The van der Waals surface area contributed by atoms with E-state index in [2.05, 4.69) is 10.4 Å². The van der Waals surface area contributed by atoms with Gasteiger partial charge in [0.1, 0.15) is 11.6 Å². The second kappa shape index (κ2) is 6.58. The fraction of sp³-hybridized carbons (Fsp3) is 0.471. The van der Waals surface area contributed by atoms with Crippen LogP contribution in [-0.2, 0) is 13.6 Å². The molecule has 0 radical (unpaired) electrons. The third kappa shape index (κ3) is 3.17. The third-order valence-corrected chi connectivity index (χ3v) is 4.25. The molecule has 124 valence electrons. The Labute approximate surface area is 135 Å². The van der Waals surface area contributed by atoms with E-state index in [1.54, 1.807) is 23.9 Å². The summed E-state index contributed by atoms with van der Waals surface area (Å²) in [6.07, 6.45) is 1.83. The van der Waals surface area contributed by atoms with Crippen molar-refractivity contribution in [1.82, 2.24) is 15.1 Å². The molecule has 1 aromatic heterocycles. The number of hydrogen-bond acceptors (Lipinski definition) is 4.